The molecule has 1 aromatic rings. The second-order valence-electron chi connectivity index (χ2n) is 3.91. The van der Waals surface area contributed by atoms with Crippen LogP contribution < -0.4 is 10.1 Å². The molecule has 0 spiro atoms. The van der Waals surface area contributed by atoms with Crippen LogP contribution in [0.25, 0.3) is 0 Å². The number of hydrogen-bond donors (Lipinski definition) is 2. The number of unbranched alkanes of at least 4 members (excludes halogenated alkanes) is 3. The quantitative estimate of drug-likeness (QED) is 0.677. The Kier molecular flexibility index (Phi) is 6.32. The molecule has 5 heteroatoms. The van der Waals surface area contributed by atoms with Crippen LogP contribution in [0.15, 0.2) is 6.07 Å². The van der Waals surface area contributed by atoms with E-state index in [2.05, 4.69) is 15.3 Å². The van der Waals surface area contributed by atoms with Gasteiger partial charge in [-0.15, -0.1) is 0 Å². The molecule has 0 aliphatic rings. The van der Waals surface area contributed by atoms with Gasteiger partial charge in [0.2, 0.25) is 5.88 Å². The number of aliphatic hydroxyl groups is 1. The van der Waals surface area contributed by atoms with Crippen molar-refractivity contribution in [3.8, 4) is 5.88 Å². The second-order valence-corrected chi connectivity index (χ2v) is 3.91. The summed E-state index contributed by atoms with van der Waals surface area (Å²) < 4.78 is 5.08. The number of hydrogen-bond acceptors (Lipinski definition) is 5. The number of methoxy groups -OCH3 is 1. The minimum absolute atomic E-state index is 0.287. The number of anilines is 1. The lowest BCUT2D eigenvalue weighted by Crippen LogP contribution is -2.05. The lowest BCUT2D eigenvalue weighted by atomic mass is 10.2. The van der Waals surface area contributed by atoms with Crippen LogP contribution >= 0.6 is 0 Å². The van der Waals surface area contributed by atoms with Crippen LogP contribution in [0.4, 0.5) is 5.82 Å². The molecular formula is C12H21N3O2. The Balaban J connectivity index is 2.28. The average molecular weight is 239 g/mol. The predicted octanol–water partition coefficient (Wildman–Crippen LogP) is 1.76. The molecule has 1 aromatic heterocycles. The first-order chi connectivity index (χ1) is 8.26. The summed E-state index contributed by atoms with van der Waals surface area (Å²) in [5.41, 5.74) is 0. The number of rotatable bonds is 8. The molecule has 96 valence electrons. The van der Waals surface area contributed by atoms with Gasteiger partial charge in [-0.2, -0.15) is 4.98 Å². The van der Waals surface area contributed by atoms with Crippen molar-refractivity contribution in [1.82, 2.24) is 9.97 Å². The van der Waals surface area contributed by atoms with E-state index in [1.54, 1.807) is 13.2 Å². The summed E-state index contributed by atoms with van der Waals surface area (Å²) in [6.07, 6.45) is 4.16. The van der Waals surface area contributed by atoms with E-state index >= 15 is 0 Å². The van der Waals surface area contributed by atoms with Gasteiger partial charge in [0.15, 0.2) is 0 Å². The van der Waals surface area contributed by atoms with Gasteiger partial charge in [-0.3, -0.25) is 0 Å². The largest absolute Gasteiger partial charge is 0.481 e. The molecule has 0 bridgehead atoms. The summed E-state index contributed by atoms with van der Waals surface area (Å²) in [5.74, 6) is 2.09. The molecule has 0 radical (unpaired) electrons. The maximum absolute atomic E-state index is 8.64. The van der Waals surface area contributed by atoms with E-state index in [0.717, 1.165) is 38.0 Å². The number of nitrogens with zero attached hydrogens (tertiary/aromatic N) is 2. The van der Waals surface area contributed by atoms with Gasteiger partial charge in [0, 0.05) is 19.2 Å². The van der Waals surface area contributed by atoms with E-state index in [9.17, 15) is 0 Å². The van der Waals surface area contributed by atoms with Crippen molar-refractivity contribution in [3.63, 3.8) is 0 Å². The van der Waals surface area contributed by atoms with Crippen molar-refractivity contribution in [1.29, 1.82) is 0 Å². The second kappa shape index (κ2) is 7.84. The van der Waals surface area contributed by atoms with Gasteiger partial charge in [-0.05, 0) is 19.8 Å². The number of aromatic nitrogens is 2. The Morgan fingerprint density at radius 3 is 2.71 bits per heavy atom. The Hall–Kier alpha value is -1.36. The van der Waals surface area contributed by atoms with Crippen LogP contribution in [0.2, 0.25) is 0 Å². The lowest BCUT2D eigenvalue weighted by molar-refractivity contribution is 0.283. The van der Waals surface area contributed by atoms with Gasteiger partial charge in [0.05, 0.1) is 7.11 Å². The van der Waals surface area contributed by atoms with Gasteiger partial charge in [-0.25, -0.2) is 4.98 Å². The third-order valence-corrected chi connectivity index (χ3v) is 2.41. The van der Waals surface area contributed by atoms with E-state index in [4.69, 9.17) is 9.84 Å². The highest BCUT2D eigenvalue weighted by Crippen LogP contribution is 2.12. The van der Waals surface area contributed by atoms with Crippen LogP contribution in [-0.4, -0.2) is 35.3 Å². The fourth-order valence-corrected chi connectivity index (χ4v) is 1.54. The fraction of sp³-hybridized carbons (Fsp3) is 0.667. The van der Waals surface area contributed by atoms with E-state index in [1.807, 2.05) is 6.92 Å². The normalized spacial score (nSPS) is 10.3. The molecular weight excluding hydrogens is 218 g/mol. The lowest BCUT2D eigenvalue weighted by Gasteiger charge is -2.07. The molecule has 0 saturated carbocycles. The number of aryl methyl sites for hydroxylation is 1. The predicted molar refractivity (Wildman–Crippen MR) is 67.4 cm³/mol. The van der Waals surface area contributed by atoms with Gasteiger partial charge in [0.25, 0.3) is 0 Å². The molecule has 0 unspecified atom stereocenters. The zero-order chi connectivity index (χ0) is 12.5. The van der Waals surface area contributed by atoms with Crippen molar-refractivity contribution in [3.05, 3.63) is 11.9 Å². The molecule has 5 nitrogen and oxygen atoms in total. The molecule has 2 N–H and O–H groups in total. The van der Waals surface area contributed by atoms with Crippen LogP contribution in [0, 0.1) is 6.92 Å². The topological polar surface area (TPSA) is 67.3 Å². The van der Waals surface area contributed by atoms with Crippen LogP contribution in [-0.2, 0) is 0 Å². The van der Waals surface area contributed by atoms with E-state index in [1.165, 1.54) is 0 Å². The molecule has 0 amide bonds. The van der Waals surface area contributed by atoms with Gasteiger partial charge in [0.1, 0.15) is 11.6 Å². The van der Waals surface area contributed by atoms with Crippen molar-refractivity contribution in [2.45, 2.75) is 32.6 Å². The zero-order valence-corrected chi connectivity index (χ0v) is 10.6. The standard InChI is InChI=1S/C12H21N3O2/c1-10-14-11(9-12(15-10)17-2)13-7-5-3-4-6-8-16/h9,16H,3-8H2,1-2H3,(H,13,14,15). The maximum Gasteiger partial charge on any atom is 0.218 e. The molecule has 0 fully saturated rings. The molecule has 0 aliphatic carbocycles. The summed E-state index contributed by atoms with van der Waals surface area (Å²) in [6.45, 7) is 3.01. The van der Waals surface area contributed by atoms with Gasteiger partial charge in [-0.1, -0.05) is 12.8 Å². The number of aliphatic hydroxyl groups excluding tert-OH is 1. The monoisotopic (exact) mass is 239 g/mol. The third kappa shape index (κ3) is 5.49. The fourth-order valence-electron chi connectivity index (χ4n) is 1.54. The molecule has 1 heterocycles. The Labute approximate surface area is 102 Å². The summed E-state index contributed by atoms with van der Waals surface area (Å²) in [4.78, 5) is 8.39. The first kappa shape index (κ1) is 13.7. The average Bonchev–Trinajstić information content (AvgIpc) is 2.33. The summed E-state index contributed by atoms with van der Waals surface area (Å²) in [5, 5.41) is 11.9. The molecule has 17 heavy (non-hydrogen) atoms. The SMILES string of the molecule is COc1cc(NCCCCCCO)nc(C)n1. The first-order valence-corrected chi connectivity index (χ1v) is 6.00. The smallest absolute Gasteiger partial charge is 0.218 e. The van der Waals surface area contributed by atoms with Crippen molar-refractivity contribution in [2.75, 3.05) is 25.6 Å². The summed E-state index contributed by atoms with van der Waals surface area (Å²) in [7, 11) is 1.60. The number of nitrogens with one attached hydrogen (secondary N) is 1. The highest BCUT2D eigenvalue weighted by atomic mass is 16.5. The molecule has 1 rings (SSSR count). The van der Waals surface area contributed by atoms with Crippen molar-refractivity contribution >= 4 is 5.82 Å². The zero-order valence-electron chi connectivity index (χ0n) is 10.6. The minimum Gasteiger partial charge on any atom is -0.481 e. The maximum atomic E-state index is 8.64. The van der Waals surface area contributed by atoms with Crippen LogP contribution in [0.3, 0.4) is 0 Å². The highest BCUT2D eigenvalue weighted by molar-refractivity contribution is 5.38. The molecule has 0 aliphatic heterocycles. The summed E-state index contributed by atoms with van der Waals surface area (Å²) >= 11 is 0. The van der Waals surface area contributed by atoms with Gasteiger partial charge < -0.3 is 15.2 Å². The Morgan fingerprint density at radius 1 is 1.24 bits per heavy atom. The van der Waals surface area contributed by atoms with Crippen molar-refractivity contribution in [2.24, 2.45) is 0 Å². The highest BCUT2D eigenvalue weighted by Gasteiger charge is 2.00. The van der Waals surface area contributed by atoms with Crippen molar-refractivity contribution < 1.29 is 9.84 Å². The molecule has 0 aromatic carbocycles. The Morgan fingerprint density at radius 2 is 2.00 bits per heavy atom. The van der Waals surface area contributed by atoms with Gasteiger partial charge >= 0.3 is 0 Å². The molecule has 0 atom stereocenters. The van der Waals surface area contributed by atoms with E-state index < -0.39 is 0 Å². The van der Waals surface area contributed by atoms with Crippen LogP contribution in [0.1, 0.15) is 31.5 Å². The van der Waals surface area contributed by atoms with E-state index in [0.29, 0.717) is 11.7 Å². The number of ether oxygens (including phenoxy) is 1. The first-order valence-electron chi connectivity index (χ1n) is 6.00. The summed E-state index contributed by atoms with van der Waals surface area (Å²) in [6, 6.07) is 1.79. The minimum atomic E-state index is 0.287. The third-order valence-electron chi connectivity index (χ3n) is 2.41. The molecule has 0 saturated heterocycles. The Bertz CT molecular complexity index is 332. The van der Waals surface area contributed by atoms with Crippen LogP contribution in [0.5, 0.6) is 5.88 Å². The van der Waals surface area contributed by atoms with E-state index in [-0.39, 0.29) is 6.61 Å².